The van der Waals surface area contributed by atoms with Gasteiger partial charge in [-0.2, -0.15) is 5.10 Å². The second kappa shape index (κ2) is 4.28. The molecule has 0 amide bonds. The highest BCUT2D eigenvalue weighted by molar-refractivity contribution is 7.71. The van der Waals surface area contributed by atoms with Crippen molar-refractivity contribution in [3.63, 3.8) is 0 Å². The quantitative estimate of drug-likeness (QED) is 0.835. The third-order valence-corrected chi connectivity index (χ3v) is 3.58. The van der Waals surface area contributed by atoms with E-state index in [0.717, 1.165) is 12.2 Å². The molecule has 0 aromatic carbocycles. The topological polar surface area (TPSA) is 33.6 Å². The summed E-state index contributed by atoms with van der Waals surface area (Å²) in [5, 5.41) is 9.03. The number of H-pyrrole nitrogens is 1. The molecule has 0 spiro atoms. The third-order valence-electron chi connectivity index (χ3n) is 2.40. The molecule has 0 bridgehead atoms. The van der Waals surface area contributed by atoms with Crippen molar-refractivity contribution >= 4 is 23.6 Å². The van der Waals surface area contributed by atoms with Crippen LogP contribution in [0.4, 0.5) is 0 Å². The molecule has 2 rings (SSSR count). The van der Waals surface area contributed by atoms with E-state index in [9.17, 15) is 0 Å². The standard InChI is InChI=1S/C10H13N3S2/c1-7(6-9-4-3-5-15-9)13-8(2)11-12-10(13)14/h3-5,7H,6H2,1-2H3,(H,12,14). The Morgan fingerprint density at radius 2 is 2.47 bits per heavy atom. The van der Waals surface area contributed by atoms with Gasteiger partial charge in [-0.25, -0.2) is 0 Å². The number of rotatable bonds is 3. The first kappa shape index (κ1) is 10.6. The Labute approximate surface area is 97.8 Å². The Morgan fingerprint density at radius 1 is 1.67 bits per heavy atom. The monoisotopic (exact) mass is 239 g/mol. The van der Waals surface area contributed by atoms with E-state index in [1.165, 1.54) is 4.88 Å². The molecule has 0 saturated carbocycles. The summed E-state index contributed by atoms with van der Waals surface area (Å²) >= 11 is 6.98. The van der Waals surface area contributed by atoms with Crippen LogP contribution in [0.2, 0.25) is 0 Å². The zero-order valence-corrected chi connectivity index (χ0v) is 10.4. The number of thiophene rings is 1. The van der Waals surface area contributed by atoms with Crippen LogP contribution in [0.25, 0.3) is 0 Å². The van der Waals surface area contributed by atoms with E-state index >= 15 is 0 Å². The predicted octanol–water partition coefficient (Wildman–Crippen LogP) is 3.11. The molecule has 0 fully saturated rings. The van der Waals surface area contributed by atoms with E-state index in [1.54, 1.807) is 11.3 Å². The molecule has 0 saturated heterocycles. The van der Waals surface area contributed by atoms with Crippen LogP contribution in [0, 0.1) is 11.7 Å². The van der Waals surface area contributed by atoms with Crippen LogP contribution in [-0.2, 0) is 6.42 Å². The number of hydrogen-bond donors (Lipinski definition) is 1. The van der Waals surface area contributed by atoms with Gasteiger partial charge in [0.25, 0.3) is 0 Å². The van der Waals surface area contributed by atoms with Gasteiger partial charge >= 0.3 is 0 Å². The molecule has 15 heavy (non-hydrogen) atoms. The highest BCUT2D eigenvalue weighted by Crippen LogP contribution is 2.19. The Hall–Kier alpha value is -0.940. The average molecular weight is 239 g/mol. The second-order valence-corrected chi connectivity index (χ2v) is 5.00. The van der Waals surface area contributed by atoms with E-state index in [0.29, 0.717) is 10.8 Å². The number of aromatic nitrogens is 3. The maximum absolute atomic E-state index is 5.19. The van der Waals surface area contributed by atoms with Crippen LogP contribution in [0.5, 0.6) is 0 Å². The molecular weight excluding hydrogens is 226 g/mol. The van der Waals surface area contributed by atoms with Gasteiger partial charge in [0.15, 0.2) is 4.77 Å². The lowest BCUT2D eigenvalue weighted by Gasteiger charge is -2.12. The summed E-state index contributed by atoms with van der Waals surface area (Å²) in [5.74, 6) is 0.948. The fourth-order valence-electron chi connectivity index (χ4n) is 1.71. The largest absolute Gasteiger partial charge is 0.301 e. The van der Waals surface area contributed by atoms with Gasteiger partial charge in [-0.1, -0.05) is 6.07 Å². The summed E-state index contributed by atoms with van der Waals surface area (Å²) in [6.07, 6.45) is 1.01. The summed E-state index contributed by atoms with van der Waals surface area (Å²) < 4.78 is 2.77. The van der Waals surface area contributed by atoms with E-state index in [-0.39, 0.29) is 0 Å². The molecular formula is C10H13N3S2. The molecule has 0 aliphatic carbocycles. The Morgan fingerprint density at radius 3 is 3.00 bits per heavy atom. The number of aryl methyl sites for hydroxylation is 1. The van der Waals surface area contributed by atoms with Crippen LogP contribution < -0.4 is 0 Å². The first-order chi connectivity index (χ1) is 7.18. The Kier molecular flexibility index (Phi) is 3.02. The minimum absolute atomic E-state index is 0.356. The van der Waals surface area contributed by atoms with Crippen LogP contribution in [0.3, 0.4) is 0 Å². The molecule has 3 nitrogen and oxygen atoms in total. The van der Waals surface area contributed by atoms with E-state index in [2.05, 4.69) is 39.2 Å². The Balaban J connectivity index is 2.22. The van der Waals surface area contributed by atoms with Crippen molar-refractivity contribution in [1.82, 2.24) is 14.8 Å². The van der Waals surface area contributed by atoms with Gasteiger partial charge in [-0.3, -0.25) is 5.10 Å². The van der Waals surface area contributed by atoms with Crippen LogP contribution in [0.15, 0.2) is 17.5 Å². The predicted molar refractivity (Wildman–Crippen MR) is 64.9 cm³/mol. The van der Waals surface area contributed by atoms with Gasteiger partial charge in [0.1, 0.15) is 5.82 Å². The van der Waals surface area contributed by atoms with Crippen molar-refractivity contribution in [3.8, 4) is 0 Å². The van der Waals surface area contributed by atoms with Crippen LogP contribution in [0.1, 0.15) is 23.7 Å². The van der Waals surface area contributed by atoms with Crippen LogP contribution >= 0.6 is 23.6 Å². The number of aromatic amines is 1. The molecule has 0 aliphatic heterocycles. The highest BCUT2D eigenvalue weighted by atomic mass is 32.1. The third kappa shape index (κ3) is 2.18. The van der Waals surface area contributed by atoms with E-state index < -0.39 is 0 Å². The molecule has 0 aliphatic rings. The van der Waals surface area contributed by atoms with Gasteiger partial charge in [-0.15, -0.1) is 11.3 Å². The lowest BCUT2D eigenvalue weighted by atomic mass is 10.2. The molecule has 0 radical (unpaired) electrons. The van der Waals surface area contributed by atoms with E-state index in [4.69, 9.17) is 12.2 Å². The lowest BCUT2D eigenvalue weighted by Crippen LogP contribution is -2.09. The minimum atomic E-state index is 0.356. The molecule has 1 unspecified atom stereocenters. The van der Waals surface area contributed by atoms with Crippen molar-refractivity contribution in [2.24, 2.45) is 0 Å². The average Bonchev–Trinajstić information content (AvgIpc) is 2.77. The summed E-state index contributed by atoms with van der Waals surface area (Å²) in [6.45, 7) is 4.13. The maximum Gasteiger partial charge on any atom is 0.195 e. The molecule has 1 N–H and O–H groups in total. The number of nitrogens with one attached hydrogen (secondary N) is 1. The zero-order chi connectivity index (χ0) is 10.8. The zero-order valence-electron chi connectivity index (χ0n) is 8.73. The fraction of sp³-hybridized carbons (Fsp3) is 0.400. The molecule has 2 aromatic heterocycles. The normalized spacial score (nSPS) is 12.9. The SMILES string of the molecule is Cc1n[nH]c(=S)n1C(C)Cc1cccs1. The van der Waals surface area contributed by atoms with Crippen LogP contribution in [-0.4, -0.2) is 14.8 Å². The van der Waals surface area contributed by atoms with Gasteiger partial charge in [0.2, 0.25) is 0 Å². The fourth-order valence-corrected chi connectivity index (χ4v) is 2.90. The van der Waals surface area contributed by atoms with Gasteiger partial charge < -0.3 is 4.57 Å². The van der Waals surface area contributed by atoms with Crippen molar-refractivity contribution < 1.29 is 0 Å². The van der Waals surface area contributed by atoms with Gasteiger partial charge in [-0.05, 0) is 37.5 Å². The van der Waals surface area contributed by atoms with Gasteiger partial charge in [0.05, 0.1) is 0 Å². The summed E-state index contributed by atoms with van der Waals surface area (Å²) in [4.78, 5) is 1.38. The first-order valence-electron chi connectivity index (χ1n) is 4.84. The second-order valence-electron chi connectivity index (χ2n) is 3.58. The minimum Gasteiger partial charge on any atom is -0.301 e. The molecule has 5 heteroatoms. The number of nitrogens with zero attached hydrogens (tertiary/aromatic N) is 2. The van der Waals surface area contributed by atoms with Gasteiger partial charge in [0, 0.05) is 17.3 Å². The summed E-state index contributed by atoms with van der Waals surface area (Å²) in [7, 11) is 0. The lowest BCUT2D eigenvalue weighted by molar-refractivity contribution is 0.528. The molecule has 2 aromatic rings. The highest BCUT2D eigenvalue weighted by Gasteiger charge is 2.10. The van der Waals surface area contributed by atoms with Crippen molar-refractivity contribution in [2.45, 2.75) is 26.3 Å². The Bertz CT molecular complexity index is 481. The summed E-state index contributed by atoms with van der Waals surface area (Å²) in [6, 6.07) is 4.59. The molecule has 80 valence electrons. The van der Waals surface area contributed by atoms with Crippen molar-refractivity contribution in [2.75, 3.05) is 0 Å². The maximum atomic E-state index is 5.19. The first-order valence-corrected chi connectivity index (χ1v) is 6.13. The molecule has 2 heterocycles. The smallest absolute Gasteiger partial charge is 0.195 e. The number of hydrogen-bond acceptors (Lipinski definition) is 3. The van der Waals surface area contributed by atoms with Crippen molar-refractivity contribution in [3.05, 3.63) is 33.0 Å². The molecule has 1 atom stereocenters. The van der Waals surface area contributed by atoms with E-state index in [1.807, 2.05) is 6.92 Å². The summed E-state index contributed by atoms with van der Waals surface area (Å²) in [5.41, 5.74) is 0. The van der Waals surface area contributed by atoms with Crippen molar-refractivity contribution in [1.29, 1.82) is 0 Å².